The second-order valence-corrected chi connectivity index (χ2v) is 24.6. The van der Waals surface area contributed by atoms with E-state index in [0.717, 1.165) is 75.8 Å². The number of piperidine rings is 2. The van der Waals surface area contributed by atoms with E-state index >= 15 is 0 Å². The number of aromatic nitrogens is 1. The van der Waals surface area contributed by atoms with E-state index in [1.165, 1.54) is 45.8 Å². The van der Waals surface area contributed by atoms with E-state index in [1.807, 2.05) is 24.8 Å². The first-order chi connectivity index (χ1) is 37.7. The molecule has 1 unspecified atom stereocenters. The van der Waals surface area contributed by atoms with E-state index < -0.39 is 81.7 Å². The van der Waals surface area contributed by atoms with Crippen LogP contribution >= 0.6 is 11.8 Å². The third-order valence-electron chi connectivity index (χ3n) is 16.8. The van der Waals surface area contributed by atoms with E-state index in [1.54, 1.807) is 12.1 Å². The average molecular weight is 1110 g/mol. The first-order valence-electron chi connectivity index (χ1n) is 27.9. The number of halogens is 2. The number of likely N-dealkylation sites (tertiary alicyclic amines) is 1. The lowest BCUT2D eigenvalue weighted by molar-refractivity contribution is -0.144. The Morgan fingerprint density at radius 1 is 0.924 bits per heavy atom. The molecule has 0 bridgehead atoms. The van der Waals surface area contributed by atoms with E-state index in [0.29, 0.717) is 54.7 Å². The summed E-state index contributed by atoms with van der Waals surface area (Å²) >= 11 is 1.45. The third kappa shape index (κ3) is 12.8. The van der Waals surface area contributed by atoms with Crippen molar-refractivity contribution in [1.82, 2.24) is 41.0 Å². The van der Waals surface area contributed by atoms with Gasteiger partial charge in [-0.2, -0.15) is 0 Å². The molecule has 79 heavy (non-hydrogen) atoms. The Bertz CT molecular complexity index is 2970. The molecule has 1 aliphatic carbocycles. The Hall–Kier alpha value is -6.82. The standard InChI is InChI=1S/C58H71F2N9O9S/c1-57(2)49(69-47(79-57)19-11-18-42(55(69)77)64-51(73)43-31-36-30-37(58(3,59)60)20-21-40(36)62-43)53(75)63-41(22-24-45(61)70)50(72)66-48(35-14-8-5-9-15-35)56(78)67-28-26-33(27-29-67)12-6-4-7-13-34-16-10-17-38-39(34)32-68(54(38)76)44-23-25-46(71)65-52(44)74/h10,16-17,20-21,30-31,33,35,41-42,44,47-49,62H,4-6,8-9,11-12,14-15,18-19,22-29,32H2,1-3H3,(H2,61,70)(H,63,75)(H,64,73)(H,66,72)(H,65,71,74)/t41-,42-,44?,47+,48-,49+/m0/s1. The number of imide groups is 1. The molecule has 3 aromatic rings. The normalized spacial score (nSPS) is 23.4. The van der Waals surface area contributed by atoms with Gasteiger partial charge in [-0.1, -0.05) is 43.2 Å². The van der Waals surface area contributed by atoms with E-state index in [2.05, 4.69) is 38.1 Å². The molecular weight excluding hydrogens is 1040 g/mol. The Morgan fingerprint density at radius 2 is 1.68 bits per heavy atom. The van der Waals surface area contributed by atoms with Gasteiger partial charge in [-0.3, -0.25) is 48.5 Å². The maximum atomic E-state index is 14.7. The van der Waals surface area contributed by atoms with Gasteiger partial charge in [0.2, 0.25) is 41.4 Å². The third-order valence-corrected chi connectivity index (χ3v) is 18.3. The summed E-state index contributed by atoms with van der Waals surface area (Å²) in [6.45, 7) is 5.74. The molecule has 422 valence electrons. The van der Waals surface area contributed by atoms with E-state index in [-0.39, 0.29) is 73.5 Å². The number of carbonyl (C=O) groups excluding carboxylic acids is 9. The highest BCUT2D eigenvalue weighted by Gasteiger charge is 2.55. The average Bonchev–Trinajstić information content (AvgIpc) is 4.11. The van der Waals surface area contributed by atoms with Gasteiger partial charge in [-0.15, -0.1) is 11.8 Å². The predicted molar refractivity (Wildman–Crippen MR) is 290 cm³/mol. The molecule has 21 heteroatoms. The van der Waals surface area contributed by atoms with E-state index in [4.69, 9.17) is 5.73 Å². The number of nitrogens with zero attached hydrogens (tertiary/aromatic N) is 3. The van der Waals surface area contributed by atoms with Crippen LogP contribution in [0.4, 0.5) is 8.78 Å². The van der Waals surface area contributed by atoms with Crippen LogP contribution in [-0.4, -0.2) is 126 Å². The van der Waals surface area contributed by atoms with Crippen molar-refractivity contribution in [3.63, 3.8) is 0 Å². The highest BCUT2D eigenvalue weighted by atomic mass is 32.2. The van der Waals surface area contributed by atoms with Crippen molar-refractivity contribution in [3.8, 4) is 11.8 Å². The van der Waals surface area contributed by atoms with Crippen molar-refractivity contribution < 1.29 is 51.9 Å². The molecule has 1 saturated carbocycles. The number of rotatable bonds is 16. The van der Waals surface area contributed by atoms with Gasteiger partial charge in [0.05, 0.1) is 5.37 Å². The lowest BCUT2D eigenvalue weighted by Gasteiger charge is -2.38. The topological polar surface area (TPSA) is 253 Å². The van der Waals surface area contributed by atoms with Crippen molar-refractivity contribution in [2.45, 2.75) is 183 Å². The number of alkyl halides is 2. The number of unbranched alkanes of at least 4 members (excludes halogenated alkanes) is 1. The van der Waals surface area contributed by atoms with Crippen LogP contribution in [0.3, 0.4) is 0 Å². The predicted octanol–water partition coefficient (Wildman–Crippen LogP) is 5.65. The van der Waals surface area contributed by atoms with Crippen LogP contribution in [0.1, 0.15) is 167 Å². The highest BCUT2D eigenvalue weighted by molar-refractivity contribution is 8.01. The van der Waals surface area contributed by atoms with Crippen LogP contribution in [-0.2, 0) is 46.0 Å². The zero-order chi connectivity index (χ0) is 56.3. The highest BCUT2D eigenvalue weighted by Crippen LogP contribution is 2.48. The van der Waals surface area contributed by atoms with Gasteiger partial charge in [-0.05, 0) is 132 Å². The van der Waals surface area contributed by atoms with E-state index in [9.17, 15) is 51.9 Å². The smallest absolute Gasteiger partial charge is 0.270 e. The number of aromatic amines is 1. The first kappa shape index (κ1) is 56.9. The fourth-order valence-corrected chi connectivity index (χ4v) is 14.1. The summed E-state index contributed by atoms with van der Waals surface area (Å²) in [6.07, 6.45) is 9.61. The van der Waals surface area contributed by atoms with Gasteiger partial charge < -0.3 is 41.4 Å². The minimum absolute atomic E-state index is 0.0798. The van der Waals surface area contributed by atoms with Crippen LogP contribution in [0.15, 0.2) is 42.5 Å². The number of nitrogens with one attached hydrogen (secondary N) is 5. The number of carbonyl (C=O) groups is 9. The minimum atomic E-state index is -3.08. The molecule has 9 rings (SSSR count). The molecule has 6 heterocycles. The van der Waals surface area contributed by atoms with Gasteiger partial charge in [0, 0.05) is 78.2 Å². The number of benzene rings is 2. The summed E-state index contributed by atoms with van der Waals surface area (Å²) in [4.78, 5) is 130. The Morgan fingerprint density at radius 3 is 2.41 bits per heavy atom. The molecule has 6 atom stereocenters. The van der Waals surface area contributed by atoms with Crippen LogP contribution < -0.4 is 27.0 Å². The summed E-state index contributed by atoms with van der Waals surface area (Å²) in [6, 6.07) is 5.94. The molecular formula is C58H71F2N9O9S. The Balaban J connectivity index is 0.814. The maximum absolute atomic E-state index is 14.7. The van der Waals surface area contributed by atoms with Crippen LogP contribution in [0, 0.1) is 23.7 Å². The molecule has 6 aliphatic rings. The number of H-pyrrole nitrogens is 1. The molecule has 5 fully saturated rings. The second-order valence-electron chi connectivity index (χ2n) is 22.8. The maximum Gasteiger partial charge on any atom is 0.270 e. The van der Waals surface area contributed by atoms with Crippen LogP contribution in [0.5, 0.6) is 0 Å². The molecule has 1 aromatic heterocycles. The molecule has 4 saturated heterocycles. The summed E-state index contributed by atoms with van der Waals surface area (Å²) in [5.41, 5.74) is 7.98. The van der Waals surface area contributed by atoms with Gasteiger partial charge in [-0.25, -0.2) is 8.78 Å². The van der Waals surface area contributed by atoms with Gasteiger partial charge in [0.15, 0.2) is 0 Å². The second kappa shape index (κ2) is 23.9. The summed E-state index contributed by atoms with van der Waals surface area (Å²) in [5, 5.41) is 11.0. The Labute approximate surface area is 462 Å². The van der Waals surface area contributed by atoms with Crippen LogP contribution in [0.25, 0.3) is 10.9 Å². The quantitative estimate of drug-likeness (QED) is 0.0584. The fraction of sp³-hybridized carbons (Fsp3) is 0.569. The summed E-state index contributed by atoms with van der Waals surface area (Å²) < 4.78 is 27.3. The van der Waals surface area contributed by atoms with Crippen molar-refractivity contribution in [1.29, 1.82) is 0 Å². The molecule has 0 radical (unpaired) electrons. The zero-order valence-electron chi connectivity index (χ0n) is 45.1. The number of hydrogen-bond donors (Lipinski definition) is 6. The summed E-state index contributed by atoms with van der Waals surface area (Å²) in [5.74, 6) is -0.616. The lowest BCUT2D eigenvalue weighted by atomic mass is 9.82. The van der Waals surface area contributed by atoms with Crippen molar-refractivity contribution >= 4 is 75.8 Å². The first-order valence-corrected chi connectivity index (χ1v) is 28.8. The number of nitrogens with two attached hydrogens (primary N) is 1. The molecule has 9 amide bonds. The zero-order valence-corrected chi connectivity index (χ0v) is 45.9. The fourth-order valence-electron chi connectivity index (χ4n) is 12.5. The summed E-state index contributed by atoms with van der Waals surface area (Å²) in [7, 11) is 0. The van der Waals surface area contributed by atoms with Crippen LogP contribution in [0.2, 0.25) is 0 Å². The number of hydrogen-bond acceptors (Lipinski definition) is 10. The largest absolute Gasteiger partial charge is 0.370 e. The monoisotopic (exact) mass is 1110 g/mol. The number of thioether (sulfide) groups is 1. The lowest BCUT2D eigenvalue weighted by Crippen LogP contribution is -2.62. The molecule has 0 spiro atoms. The molecule has 7 N–H and O–H groups in total. The van der Waals surface area contributed by atoms with Crippen molar-refractivity contribution in [2.24, 2.45) is 17.6 Å². The number of amides is 9. The van der Waals surface area contributed by atoms with Gasteiger partial charge >= 0.3 is 0 Å². The SMILES string of the molecule is CC(F)(F)c1ccc2[nH]c(C(=O)N[C@H]3CCC[C@H]4SC(C)(C)[C@@H](C(=O)N[C@@H](CCC(N)=O)C(=O)N[C@H](C(=O)N5CCC(CCCC#Cc6cccc7c6CN(C6CCC(=O)NC6=O)C7=O)CC5)C5CCCCC5)N4C3=O)cc2c1. The molecule has 2 aromatic carbocycles. The van der Waals surface area contributed by atoms with Crippen molar-refractivity contribution in [2.75, 3.05) is 13.1 Å². The minimum Gasteiger partial charge on any atom is -0.370 e. The van der Waals surface area contributed by atoms with Gasteiger partial charge in [0.1, 0.15) is 35.9 Å². The number of primary amides is 1. The Kier molecular flexibility index (Phi) is 17.2. The number of fused-ring (bicyclic) bond motifs is 3. The molecule has 5 aliphatic heterocycles. The van der Waals surface area contributed by atoms with Gasteiger partial charge in [0.25, 0.3) is 17.7 Å². The van der Waals surface area contributed by atoms with Crippen molar-refractivity contribution in [3.05, 3.63) is 70.4 Å². The molecule has 18 nitrogen and oxygen atoms in total.